The Morgan fingerprint density at radius 1 is 1.59 bits per heavy atom. The van der Waals surface area contributed by atoms with E-state index in [0.717, 1.165) is 17.8 Å². The smallest absolute Gasteiger partial charge is 0.326 e. The number of thiazole rings is 1. The van der Waals surface area contributed by atoms with Crippen molar-refractivity contribution in [1.29, 1.82) is 0 Å². The van der Waals surface area contributed by atoms with Crippen molar-refractivity contribution in [3.63, 3.8) is 0 Å². The summed E-state index contributed by atoms with van der Waals surface area (Å²) in [4.78, 5) is 29.2. The molecule has 1 fully saturated rings. The minimum atomic E-state index is -0.966. The van der Waals surface area contributed by atoms with Crippen LogP contribution < -0.4 is 0 Å². The Hall–Kier alpha value is -1.43. The third kappa shape index (κ3) is 2.46. The molecule has 0 bridgehead atoms. The lowest BCUT2D eigenvalue weighted by molar-refractivity contribution is -0.141. The molecule has 92 valence electrons. The molecule has 1 atom stereocenters. The van der Waals surface area contributed by atoms with Crippen molar-refractivity contribution in [2.24, 2.45) is 0 Å². The first-order chi connectivity index (χ1) is 8.00. The minimum Gasteiger partial charge on any atom is -0.480 e. The van der Waals surface area contributed by atoms with Crippen LogP contribution in [0.5, 0.6) is 0 Å². The summed E-state index contributed by atoms with van der Waals surface area (Å²) in [6.45, 7) is 3.37. The molecule has 1 N–H and O–H groups in total. The van der Waals surface area contributed by atoms with Crippen LogP contribution >= 0.6 is 11.3 Å². The van der Waals surface area contributed by atoms with Gasteiger partial charge in [0.2, 0.25) is 0 Å². The summed E-state index contributed by atoms with van der Waals surface area (Å²) in [5.74, 6) is -1.18. The van der Waals surface area contributed by atoms with Crippen molar-refractivity contribution in [3.8, 4) is 0 Å². The van der Waals surface area contributed by atoms with E-state index < -0.39 is 12.0 Å². The molecule has 0 saturated heterocycles. The van der Waals surface area contributed by atoms with E-state index in [1.807, 2.05) is 6.92 Å². The number of nitrogens with zero attached hydrogens (tertiary/aromatic N) is 2. The second kappa shape index (κ2) is 4.44. The van der Waals surface area contributed by atoms with Gasteiger partial charge in [0, 0.05) is 6.04 Å². The molecule has 0 aliphatic heterocycles. The SMILES string of the molecule is Cc1ncc(C(=O)N(C2CC2)C(C)C(=O)O)s1. The Bertz CT molecular complexity index is 453. The highest BCUT2D eigenvalue weighted by atomic mass is 32.1. The van der Waals surface area contributed by atoms with Crippen molar-refractivity contribution in [3.05, 3.63) is 16.1 Å². The van der Waals surface area contributed by atoms with E-state index in [1.54, 1.807) is 6.92 Å². The van der Waals surface area contributed by atoms with Crippen LogP contribution in [0.4, 0.5) is 0 Å². The number of aryl methyl sites for hydroxylation is 1. The maximum absolute atomic E-state index is 12.2. The van der Waals surface area contributed by atoms with Crippen LogP contribution in [0.15, 0.2) is 6.20 Å². The summed E-state index contributed by atoms with van der Waals surface area (Å²) in [6, 6.07) is -0.701. The Morgan fingerprint density at radius 2 is 2.24 bits per heavy atom. The number of hydrogen-bond acceptors (Lipinski definition) is 4. The van der Waals surface area contributed by atoms with Gasteiger partial charge >= 0.3 is 5.97 Å². The molecule has 0 radical (unpaired) electrons. The molecule has 1 aromatic heterocycles. The second-order valence-corrected chi connectivity index (χ2v) is 5.44. The molecule has 1 saturated carbocycles. The fourth-order valence-electron chi connectivity index (χ4n) is 1.72. The molecule has 1 aliphatic carbocycles. The fourth-order valence-corrected chi connectivity index (χ4v) is 2.44. The van der Waals surface area contributed by atoms with Crippen molar-refractivity contribution in [2.75, 3.05) is 0 Å². The number of rotatable bonds is 4. The molecule has 5 nitrogen and oxygen atoms in total. The summed E-state index contributed by atoms with van der Waals surface area (Å²) >= 11 is 1.30. The molecule has 6 heteroatoms. The molecule has 0 aromatic carbocycles. The molecule has 1 amide bonds. The Balaban J connectivity index is 2.21. The number of hydrogen-bond donors (Lipinski definition) is 1. The van der Waals surface area contributed by atoms with E-state index >= 15 is 0 Å². The molecule has 1 aromatic rings. The highest BCUT2D eigenvalue weighted by Gasteiger charge is 2.39. The first kappa shape index (κ1) is 12.0. The van der Waals surface area contributed by atoms with Gasteiger partial charge in [-0.15, -0.1) is 11.3 Å². The van der Waals surface area contributed by atoms with Gasteiger partial charge in [-0.1, -0.05) is 0 Å². The molecular formula is C11H14N2O3S. The van der Waals surface area contributed by atoms with Gasteiger partial charge in [-0.25, -0.2) is 9.78 Å². The molecule has 1 unspecified atom stereocenters. The van der Waals surface area contributed by atoms with Crippen LogP contribution in [0.2, 0.25) is 0 Å². The largest absolute Gasteiger partial charge is 0.480 e. The number of aromatic nitrogens is 1. The third-order valence-electron chi connectivity index (χ3n) is 2.78. The maximum atomic E-state index is 12.2. The molecule has 0 spiro atoms. The topological polar surface area (TPSA) is 70.5 Å². The van der Waals surface area contributed by atoms with Crippen molar-refractivity contribution >= 4 is 23.2 Å². The Morgan fingerprint density at radius 3 is 2.65 bits per heavy atom. The van der Waals surface area contributed by atoms with E-state index in [4.69, 9.17) is 5.11 Å². The Labute approximate surface area is 103 Å². The van der Waals surface area contributed by atoms with Crippen molar-refractivity contribution in [2.45, 2.75) is 38.8 Å². The predicted octanol–water partition coefficient (Wildman–Crippen LogP) is 1.53. The van der Waals surface area contributed by atoms with Crippen LogP contribution in [0, 0.1) is 6.92 Å². The van der Waals surface area contributed by atoms with Gasteiger partial charge in [0.15, 0.2) is 0 Å². The molecule has 1 aliphatic rings. The summed E-state index contributed by atoms with van der Waals surface area (Å²) in [5.41, 5.74) is 0. The van der Waals surface area contributed by atoms with Crippen LogP contribution in [-0.2, 0) is 4.79 Å². The van der Waals surface area contributed by atoms with E-state index in [2.05, 4.69) is 4.98 Å². The quantitative estimate of drug-likeness (QED) is 0.884. The molecule has 17 heavy (non-hydrogen) atoms. The lowest BCUT2D eigenvalue weighted by Crippen LogP contribution is -2.44. The number of aliphatic carboxylic acids is 1. The van der Waals surface area contributed by atoms with Crippen LogP contribution in [0.25, 0.3) is 0 Å². The second-order valence-electron chi connectivity index (χ2n) is 4.20. The minimum absolute atomic E-state index is 0.0796. The van der Waals surface area contributed by atoms with E-state index in [0.29, 0.717) is 4.88 Å². The zero-order valence-corrected chi connectivity index (χ0v) is 10.5. The summed E-state index contributed by atoms with van der Waals surface area (Å²) < 4.78 is 0. The van der Waals surface area contributed by atoms with Crippen LogP contribution in [0.3, 0.4) is 0 Å². The third-order valence-corrected chi connectivity index (χ3v) is 3.68. The first-order valence-electron chi connectivity index (χ1n) is 5.48. The summed E-state index contributed by atoms with van der Waals surface area (Å²) in [7, 11) is 0. The fraction of sp³-hybridized carbons (Fsp3) is 0.545. The average Bonchev–Trinajstić information content (AvgIpc) is 3.00. The lowest BCUT2D eigenvalue weighted by Gasteiger charge is -2.25. The first-order valence-corrected chi connectivity index (χ1v) is 6.30. The summed E-state index contributed by atoms with van der Waals surface area (Å²) in [6.07, 6.45) is 3.30. The van der Waals surface area contributed by atoms with Gasteiger partial charge in [0.25, 0.3) is 5.91 Å². The maximum Gasteiger partial charge on any atom is 0.326 e. The highest BCUT2D eigenvalue weighted by Crippen LogP contribution is 2.31. The van der Waals surface area contributed by atoms with E-state index in [9.17, 15) is 9.59 Å². The van der Waals surface area contributed by atoms with Gasteiger partial charge in [0.05, 0.1) is 11.2 Å². The zero-order chi connectivity index (χ0) is 12.6. The van der Waals surface area contributed by atoms with Gasteiger partial charge in [-0.05, 0) is 26.7 Å². The number of carbonyl (C=O) groups is 2. The van der Waals surface area contributed by atoms with Crippen LogP contribution in [0.1, 0.15) is 34.4 Å². The zero-order valence-electron chi connectivity index (χ0n) is 9.71. The van der Waals surface area contributed by atoms with E-state index in [-0.39, 0.29) is 11.9 Å². The lowest BCUT2D eigenvalue weighted by atomic mass is 10.2. The van der Waals surface area contributed by atoms with Crippen molar-refractivity contribution < 1.29 is 14.7 Å². The molecule has 1 heterocycles. The van der Waals surface area contributed by atoms with Gasteiger partial charge in [0.1, 0.15) is 10.9 Å². The number of carboxylic acid groups (broad SMARTS) is 1. The average molecular weight is 254 g/mol. The van der Waals surface area contributed by atoms with Gasteiger partial charge in [-0.2, -0.15) is 0 Å². The van der Waals surface area contributed by atoms with E-state index in [1.165, 1.54) is 22.4 Å². The van der Waals surface area contributed by atoms with Crippen molar-refractivity contribution in [1.82, 2.24) is 9.88 Å². The van der Waals surface area contributed by atoms with Crippen LogP contribution in [-0.4, -0.2) is 39.0 Å². The molecule has 2 rings (SSSR count). The molecular weight excluding hydrogens is 240 g/mol. The standard InChI is InChI=1S/C11H14N2O3S/c1-6(11(15)16)13(8-3-4-8)10(14)9-5-12-7(2)17-9/h5-6,8H,3-4H2,1-2H3,(H,15,16). The highest BCUT2D eigenvalue weighted by molar-refractivity contribution is 7.13. The number of carboxylic acids is 1. The number of amides is 1. The van der Waals surface area contributed by atoms with Gasteiger partial charge in [-0.3, -0.25) is 4.79 Å². The Kier molecular flexibility index (Phi) is 3.15. The normalized spacial score (nSPS) is 16.6. The predicted molar refractivity (Wildman–Crippen MR) is 63.1 cm³/mol. The number of carbonyl (C=O) groups excluding carboxylic acids is 1. The van der Waals surface area contributed by atoms with Gasteiger partial charge < -0.3 is 10.0 Å². The summed E-state index contributed by atoms with van der Waals surface area (Å²) in [5, 5.41) is 9.84. The monoisotopic (exact) mass is 254 g/mol.